The third-order valence-electron chi connectivity index (χ3n) is 4.73. The molecule has 3 aromatic rings. The molecule has 2 N–H and O–H groups in total. The van der Waals surface area contributed by atoms with Gasteiger partial charge in [-0.1, -0.05) is 66.6 Å². The van der Waals surface area contributed by atoms with E-state index in [0.717, 1.165) is 11.1 Å². The van der Waals surface area contributed by atoms with Gasteiger partial charge in [-0.3, -0.25) is 9.52 Å². The average molecular weight is 443 g/mol. The second-order valence-corrected chi connectivity index (χ2v) is 9.22. The molecule has 1 amide bonds. The van der Waals surface area contributed by atoms with Crippen molar-refractivity contribution in [3.05, 3.63) is 94.5 Å². The van der Waals surface area contributed by atoms with Crippen molar-refractivity contribution < 1.29 is 13.2 Å². The van der Waals surface area contributed by atoms with Gasteiger partial charge in [-0.25, -0.2) is 8.42 Å². The van der Waals surface area contributed by atoms with Crippen molar-refractivity contribution in [1.29, 1.82) is 0 Å². The Bertz CT molecular complexity index is 1130. The summed E-state index contributed by atoms with van der Waals surface area (Å²) in [5, 5.41) is 3.05. The molecule has 3 rings (SSSR count). The van der Waals surface area contributed by atoms with Gasteiger partial charge in [0.1, 0.15) is 0 Å². The maximum Gasteiger partial charge on any atom is 0.261 e. The zero-order valence-electron chi connectivity index (χ0n) is 16.7. The Kier molecular flexibility index (Phi) is 6.80. The lowest BCUT2D eigenvalue weighted by Gasteiger charge is -2.14. The third-order valence-corrected chi connectivity index (χ3v) is 6.44. The zero-order valence-corrected chi connectivity index (χ0v) is 18.3. The number of carbonyl (C=O) groups is 1. The van der Waals surface area contributed by atoms with Crippen molar-refractivity contribution in [2.24, 2.45) is 0 Å². The molecule has 0 aliphatic heterocycles. The predicted molar refractivity (Wildman–Crippen MR) is 121 cm³/mol. The van der Waals surface area contributed by atoms with E-state index in [2.05, 4.69) is 10.0 Å². The number of benzene rings is 3. The molecule has 7 heteroatoms. The molecule has 0 aliphatic rings. The van der Waals surface area contributed by atoms with Gasteiger partial charge in [-0.2, -0.15) is 0 Å². The lowest BCUT2D eigenvalue weighted by Crippen LogP contribution is -2.27. The van der Waals surface area contributed by atoms with E-state index in [4.69, 9.17) is 11.6 Å². The third kappa shape index (κ3) is 5.40. The fourth-order valence-electron chi connectivity index (χ4n) is 2.93. The van der Waals surface area contributed by atoms with E-state index in [1.165, 1.54) is 30.3 Å². The molecule has 0 aliphatic carbocycles. The minimum atomic E-state index is -3.74. The lowest BCUT2D eigenvalue weighted by atomic mass is 10.0. The highest BCUT2D eigenvalue weighted by Crippen LogP contribution is 2.24. The van der Waals surface area contributed by atoms with Gasteiger partial charge in [0.05, 0.1) is 21.2 Å². The monoisotopic (exact) mass is 442 g/mol. The van der Waals surface area contributed by atoms with Gasteiger partial charge in [0.15, 0.2) is 0 Å². The minimum absolute atomic E-state index is 0.148. The smallest absolute Gasteiger partial charge is 0.261 e. The van der Waals surface area contributed by atoms with Crippen LogP contribution in [0.4, 0.5) is 5.69 Å². The molecule has 0 saturated heterocycles. The molecule has 30 heavy (non-hydrogen) atoms. The molecule has 0 radical (unpaired) electrons. The number of sulfonamides is 1. The molecule has 0 aromatic heterocycles. The lowest BCUT2D eigenvalue weighted by molar-refractivity contribution is 0.0952. The number of aryl methyl sites for hydroxylation is 1. The number of amides is 1. The minimum Gasteiger partial charge on any atom is -0.351 e. The van der Waals surface area contributed by atoms with E-state index in [1.54, 1.807) is 12.1 Å². The summed E-state index contributed by atoms with van der Waals surface area (Å²) in [6.07, 6.45) is 0. The molecule has 1 unspecified atom stereocenters. The molecular formula is C23H23ClN2O3S. The summed E-state index contributed by atoms with van der Waals surface area (Å²) in [5.74, 6) is -0.162. The highest BCUT2D eigenvalue weighted by Gasteiger charge is 2.17. The Morgan fingerprint density at radius 3 is 2.30 bits per heavy atom. The van der Waals surface area contributed by atoms with Crippen LogP contribution in [0.25, 0.3) is 0 Å². The average Bonchev–Trinajstić information content (AvgIpc) is 2.72. The molecular weight excluding hydrogens is 420 g/mol. The van der Waals surface area contributed by atoms with Crippen LogP contribution in [0.3, 0.4) is 0 Å². The number of nitrogens with one attached hydrogen (secondary N) is 2. The van der Waals surface area contributed by atoms with Crippen molar-refractivity contribution in [3.63, 3.8) is 0 Å². The normalized spacial score (nSPS) is 12.2. The first kappa shape index (κ1) is 21.9. The maximum absolute atomic E-state index is 12.5. The summed E-state index contributed by atoms with van der Waals surface area (Å²) in [4.78, 5) is 12.7. The molecule has 0 fully saturated rings. The van der Waals surface area contributed by atoms with Crippen LogP contribution in [0.5, 0.6) is 0 Å². The number of hydrogen-bond acceptors (Lipinski definition) is 3. The van der Waals surface area contributed by atoms with E-state index >= 15 is 0 Å². The molecule has 5 nitrogen and oxygen atoms in total. The van der Waals surface area contributed by atoms with Gasteiger partial charge < -0.3 is 5.32 Å². The van der Waals surface area contributed by atoms with Crippen molar-refractivity contribution >= 4 is 33.2 Å². The maximum atomic E-state index is 12.5. The van der Waals surface area contributed by atoms with Gasteiger partial charge in [0.25, 0.3) is 15.9 Å². The summed E-state index contributed by atoms with van der Waals surface area (Å²) >= 11 is 6.26. The molecule has 0 bridgehead atoms. The van der Waals surface area contributed by atoms with Crippen LogP contribution in [0, 0.1) is 6.92 Å². The Hall–Kier alpha value is -2.83. The van der Waals surface area contributed by atoms with E-state index in [-0.39, 0.29) is 33.0 Å². The summed E-state index contributed by atoms with van der Waals surface area (Å²) < 4.78 is 27.5. The standard InChI is InChI=1S/C23H23ClN2O3S/c1-16-8-11-20(12-9-16)30(28,29)26-19-10-13-21(22(24)14-19)23(27)25-15-17(2)18-6-4-3-5-7-18/h3-14,17,26H,15H2,1-2H3,(H,25,27). The van der Waals surface area contributed by atoms with Crippen molar-refractivity contribution in [3.8, 4) is 0 Å². The molecule has 0 spiro atoms. The first-order valence-electron chi connectivity index (χ1n) is 9.48. The summed E-state index contributed by atoms with van der Waals surface area (Å²) in [5.41, 5.74) is 2.67. The fraction of sp³-hybridized carbons (Fsp3) is 0.174. The summed E-state index contributed by atoms with van der Waals surface area (Å²) in [7, 11) is -3.74. The van der Waals surface area contributed by atoms with Crippen LogP contribution in [0.15, 0.2) is 77.7 Å². The Morgan fingerprint density at radius 1 is 1.00 bits per heavy atom. The Morgan fingerprint density at radius 2 is 1.67 bits per heavy atom. The van der Waals surface area contributed by atoms with Crippen LogP contribution in [-0.2, 0) is 10.0 Å². The summed E-state index contributed by atoms with van der Waals surface area (Å²) in [6.45, 7) is 4.37. The number of carbonyl (C=O) groups excluding carboxylic acids is 1. The molecule has 1 atom stereocenters. The fourth-order valence-corrected chi connectivity index (χ4v) is 4.25. The first-order valence-corrected chi connectivity index (χ1v) is 11.3. The topological polar surface area (TPSA) is 75.3 Å². The van der Waals surface area contributed by atoms with E-state index < -0.39 is 10.0 Å². The van der Waals surface area contributed by atoms with E-state index in [1.807, 2.05) is 44.2 Å². The number of rotatable bonds is 7. The van der Waals surface area contributed by atoms with Crippen molar-refractivity contribution in [2.45, 2.75) is 24.7 Å². The van der Waals surface area contributed by atoms with Gasteiger partial charge in [0.2, 0.25) is 0 Å². The molecule has 0 heterocycles. The molecule has 156 valence electrons. The number of halogens is 1. The van der Waals surface area contributed by atoms with Gasteiger partial charge in [-0.05, 0) is 48.7 Å². The Labute approximate surface area is 182 Å². The molecule has 0 saturated carbocycles. The van der Waals surface area contributed by atoms with Crippen LogP contribution < -0.4 is 10.0 Å². The predicted octanol–water partition coefficient (Wildman–Crippen LogP) is 4.98. The zero-order chi connectivity index (χ0) is 21.7. The first-order chi connectivity index (χ1) is 14.3. The second-order valence-electron chi connectivity index (χ2n) is 7.13. The van der Waals surface area contributed by atoms with Crippen LogP contribution in [0.1, 0.15) is 34.3 Å². The van der Waals surface area contributed by atoms with Crippen LogP contribution >= 0.6 is 11.6 Å². The summed E-state index contributed by atoms with van der Waals surface area (Å²) in [6, 6.07) is 20.9. The van der Waals surface area contributed by atoms with Crippen LogP contribution in [-0.4, -0.2) is 20.9 Å². The van der Waals surface area contributed by atoms with Gasteiger partial charge in [-0.15, -0.1) is 0 Å². The largest absolute Gasteiger partial charge is 0.351 e. The highest BCUT2D eigenvalue weighted by molar-refractivity contribution is 7.92. The number of hydrogen-bond donors (Lipinski definition) is 2. The SMILES string of the molecule is Cc1ccc(S(=O)(=O)Nc2ccc(C(=O)NCC(C)c3ccccc3)c(Cl)c2)cc1. The van der Waals surface area contributed by atoms with E-state index in [0.29, 0.717) is 6.54 Å². The van der Waals surface area contributed by atoms with Gasteiger partial charge >= 0.3 is 0 Å². The quantitative estimate of drug-likeness (QED) is 0.541. The molecule has 3 aromatic carbocycles. The Balaban J connectivity index is 1.67. The van der Waals surface area contributed by atoms with Gasteiger partial charge in [0, 0.05) is 6.54 Å². The number of anilines is 1. The van der Waals surface area contributed by atoms with Crippen LogP contribution in [0.2, 0.25) is 5.02 Å². The van der Waals surface area contributed by atoms with E-state index in [9.17, 15) is 13.2 Å². The van der Waals surface area contributed by atoms with Crippen molar-refractivity contribution in [2.75, 3.05) is 11.3 Å². The second kappa shape index (κ2) is 9.32. The highest BCUT2D eigenvalue weighted by atomic mass is 35.5. The van der Waals surface area contributed by atoms with Crippen molar-refractivity contribution in [1.82, 2.24) is 5.32 Å².